The molecule has 0 aromatic rings. The minimum absolute atomic E-state index is 0.119. The van der Waals surface area contributed by atoms with E-state index in [1.165, 1.54) is 0 Å². The third-order valence-electron chi connectivity index (χ3n) is 2.98. The normalized spacial score (nSPS) is 20.8. The van der Waals surface area contributed by atoms with Crippen LogP contribution in [0.3, 0.4) is 0 Å². The predicted molar refractivity (Wildman–Crippen MR) is 64.1 cm³/mol. The molecule has 1 atom stereocenters. The van der Waals surface area contributed by atoms with E-state index in [0.717, 1.165) is 32.2 Å². The lowest BCUT2D eigenvalue weighted by molar-refractivity contribution is -0.138. The van der Waals surface area contributed by atoms with Crippen molar-refractivity contribution in [2.75, 3.05) is 19.7 Å². The second-order valence-electron chi connectivity index (χ2n) is 4.67. The molecule has 0 aromatic carbocycles. The molecule has 4 heteroatoms. The molecule has 0 aromatic heterocycles. The molecule has 0 aliphatic carbocycles. The SMILES string of the molecule is CC(C)OCC(=O)N1CCCC1CCCN. The largest absolute Gasteiger partial charge is 0.369 e. The average Bonchev–Trinajstić information content (AvgIpc) is 2.71. The second-order valence-corrected chi connectivity index (χ2v) is 4.67. The first-order chi connectivity index (χ1) is 7.65. The molecule has 2 N–H and O–H groups in total. The summed E-state index contributed by atoms with van der Waals surface area (Å²) in [6.07, 6.45) is 4.38. The number of ether oxygens (including phenoxy) is 1. The maximum Gasteiger partial charge on any atom is 0.248 e. The van der Waals surface area contributed by atoms with Crippen LogP contribution in [0.1, 0.15) is 39.5 Å². The van der Waals surface area contributed by atoms with Crippen molar-refractivity contribution in [3.8, 4) is 0 Å². The van der Waals surface area contributed by atoms with E-state index in [4.69, 9.17) is 10.5 Å². The van der Waals surface area contributed by atoms with E-state index >= 15 is 0 Å². The smallest absolute Gasteiger partial charge is 0.248 e. The van der Waals surface area contributed by atoms with Gasteiger partial charge in [0.1, 0.15) is 6.61 Å². The molecule has 1 rings (SSSR count). The van der Waals surface area contributed by atoms with Crippen molar-refractivity contribution in [3.05, 3.63) is 0 Å². The van der Waals surface area contributed by atoms with Gasteiger partial charge >= 0.3 is 0 Å². The summed E-state index contributed by atoms with van der Waals surface area (Å²) < 4.78 is 5.35. The van der Waals surface area contributed by atoms with Gasteiger partial charge in [-0.2, -0.15) is 0 Å². The number of hydrogen-bond acceptors (Lipinski definition) is 3. The summed E-state index contributed by atoms with van der Waals surface area (Å²) in [7, 11) is 0. The number of nitrogens with two attached hydrogens (primary N) is 1. The van der Waals surface area contributed by atoms with Crippen LogP contribution in [0.15, 0.2) is 0 Å². The highest BCUT2D eigenvalue weighted by Gasteiger charge is 2.27. The Morgan fingerprint density at radius 2 is 2.31 bits per heavy atom. The highest BCUT2D eigenvalue weighted by molar-refractivity contribution is 5.78. The molecule has 1 amide bonds. The van der Waals surface area contributed by atoms with E-state index in [1.54, 1.807) is 0 Å². The Morgan fingerprint density at radius 3 is 2.94 bits per heavy atom. The van der Waals surface area contributed by atoms with E-state index in [1.807, 2.05) is 18.7 Å². The standard InChI is InChI=1S/C12H24N2O2/c1-10(2)16-9-12(15)14-8-4-6-11(14)5-3-7-13/h10-11H,3-9,13H2,1-2H3. The second kappa shape index (κ2) is 6.86. The Balaban J connectivity index is 2.35. The zero-order valence-corrected chi connectivity index (χ0v) is 10.4. The van der Waals surface area contributed by atoms with E-state index in [-0.39, 0.29) is 18.6 Å². The molecule has 1 aliphatic heterocycles. The van der Waals surface area contributed by atoms with Crippen molar-refractivity contribution in [3.63, 3.8) is 0 Å². The van der Waals surface area contributed by atoms with Crippen molar-refractivity contribution < 1.29 is 9.53 Å². The quantitative estimate of drug-likeness (QED) is 0.741. The highest BCUT2D eigenvalue weighted by atomic mass is 16.5. The van der Waals surface area contributed by atoms with E-state index < -0.39 is 0 Å². The first kappa shape index (κ1) is 13.5. The van der Waals surface area contributed by atoms with Crippen LogP contribution < -0.4 is 5.73 Å². The monoisotopic (exact) mass is 228 g/mol. The lowest BCUT2D eigenvalue weighted by Gasteiger charge is -2.25. The maximum absolute atomic E-state index is 11.9. The van der Waals surface area contributed by atoms with Crippen LogP contribution in [-0.4, -0.2) is 42.6 Å². The van der Waals surface area contributed by atoms with Gasteiger partial charge in [-0.15, -0.1) is 0 Å². The fourth-order valence-electron chi connectivity index (χ4n) is 2.14. The minimum atomic E-state index is 0.119. The Morgan fingerprint density at radius 1 is 1.56 bits per heavy atom. The van der Waals surface area contributed by atoms with Crippen LogP contribution in [0.4, 0.5) is 0 Å². The first-order valence-electron chi connectivity index (χ1n) is 6.26. The molecule has 0 saturated carbocycles. The summed E-state index contributed by atoms with van der Waals surface area (Å²) in [4.78, 5) is 13.9. The summed E-state index contributed by atoms with van der Waals surface area (Å²) >= 11 is 0. The lowest BCUT2D eigenvalue weighted by Crippen LogP contribution is -2.38. The molecule has 1 fully saturated rings. The molecule has 1 unspecified atom stereocenters. The first-order valence-corrected chi connectivity index (χ1v) is 6.26. The number of carbonyl (C=O) groups is 1. The van der Waals surface area contributed by atoms with Crippen LogP contribution in [0.25, 0.3) is 0 Å². The molecule has 0 radical (unpaired) electrons. The summed E-state index contributed by atoms with van der Waals surface area (Å²) in [6.45, 7) is 5.71. The summed E-state index contributed by atoms with van der Waals surface area (Å²) in [5.41, 5.74) is 5.50. The number of hydrogen-bond donors (Lipinski definition) is 1. The van der Waals surface area contributed by atoms with E-state index in [2.05, 4.69) is 0 Å². The molecule has 16 heavy (non-hydrogen) atoms. The third kappa shape index (κ3) is 4.10. The fourth-order valence-corrected chi connectivity index (χ4v) is 2.14. The highest BCUT2D eigenvalue weighted by Crippen LogP contribution is 2.21. The molecule has 94 valence electrons. The number of nitrogens with zero attached hydrogens (tertiary/aromatic N) is 1. The van der Waals surface area contributed by atoms with Crippen molar-refractivity contribution in [2.45, 2.75) is 51.7 Å². The Hall–Kier alpha value is -0.610. The molecule has 1 heterocycles. The average molecular weight is 228 g/mol. The van der Waals surface area contributed by atoms with Gasteiger partial charge in [0.2, 0.25) is 5.91 Å². The van der Waals surface area contributed by atoms with Gasteiger partial charge in [-0.3, -0.25) is 4.79 Å². The fraction of sp³-hybridized carbons (Fsp3) is 0.917. The Kier molecular flexibility index (Phi) is 5.77. The van der Waals surface area contributed by atoms with Gasteiger partial charge < -0.3 is 15.4 Å². The molecule has 1 saturated heterocycles. The Labute approximate surface area is 98.1 Å². The lowest BCUT2D eigenvalue weighted by atomic mass is 10.1. The third-order valence-corrected chi connectivity index (χ3v) is 2.98. The van der Waals surface area contributed by atoms with Gasteiger partial charge in [-0.1, -0.05) is 0 Å². The van der Waals surface area contributed by atoms with Crippen LogP contribution >= 0.6 is 0 Å². The van der Waals surface area contributed by atoms with Gasteiger partial charge in [0.05, 0.1) is 6.10 Å². The number of amides is 1. The van der Waals surface area contributed by atoms with E-state index in [0.29, 0.717) is 12.6 Å². The van der Waals surface area contributed by atoms with Crippen LogP contribution in [0.2, 0.25) is 0 Å². The van der Waals surface area contributed by atoms with Crippen molar-refractivity contribution >= 4 is 5.91 Å². The number of carbonyl (C=O) groups excluding carboxylic acids is 1. The van der Waals surface area contributed by atoms with Gasteiger partial charge in [-0.25, -0.2) is 0 Å². The summed E-state index contributed by atoms with van der Waals surface area (Å²) in [5, 5.41) is 0. The van der Waals surface area contributed by atoms with Crippen molar-refractivity contribution in [1.29, 1.82) is 0 Å². The van der Waals surface area contributed by atoms with Gasteiger partial charge in [0.25, 0.3) is 0 Å². The number of rotatable bonds is 6. The van der Waals surface area contributed by atoms with Crippen LogP contribution in [0, 0.1) is 0 Å². The molecule has 0 spiro atoms. The summed E-state index contributed by atoms with van der Waals surface area (Å²) in [6, 6.07) is 0.395. The molecular formula is C12H24N2O2. The van der Waals surface area contributed by atoms with Crippen LogP contribution in [-0.2, 0) is 9.53 Å². The molecule has 1 aliphatic rings. The minimum Gasteiger partial charge on any atom is -0.369 e. The van der Waals surface area contributed by atoms with Crippen LogP contribution in [0.5, 0.6) is 0 Å². The maximum atomic E-state index is 11.9. The molecule has 0 bridgehead atoms. The Bertz CT molecular complexity index is 219. The zero-order valence-electron chi connectivity index (χ0n) is 10.4. The van der Waals surface area contributed by atoms with Gasteiger partial charge in [-0.05, 0) is 46.1 Å². The molecular weight excluding hydrogens is 204 g/mol. The van der Waals surface area contributed by atoms with Gasteiger partial charge in [0, 0.05) is 12.6 Å². The molecule has 4 nitrogen and oxygen atoms in total. The van der Waals surface area contributed by atoms with Gasteiger partial charge in [0.15, 0.2) is 0 Å². The van der Waals surface area contributed by atoms with Crippen molar-refractivity contribution in [2.24, 2.45) is 5.73 Å². The number of likely N-dealkylation sites (tertiary alicyclic amines) is 1. The summed E-state index contributed by atoms with van der Waals surface area (Å²) in [5.74, 6) is 0.133. The van der Waals surface area contributed by atoms with E-state index in [9.17, 15) is 4.79 Å². The predicted octanol–water partition coefficient (Wildman–Crippen LogP) is 1.14. The van der Waals surface area contributed by atoms with Crippen molar-refractivity contribution in [1.82, 2.24) is 4.90 Å². The zero-order chi connectivity index (χ0) is 12.0. The topological polar surface area (TPSA) is 55.6 Å².